The van der Waals surface area contributed by atoms with Gasteiger partial charge in [0, 0.05) is 18.9 Å². The lowest BCUT2D eigenvalue weighted by molar-refractivity contribution is -0.384. The van der Waals surface area contributed by atoms with Crippen molar-refractivity contribution in [2.24, 2.45) is 0 Å². The maximum atomic E-state index is 11.5. The molecule has 17 heavy (non-hydrogen) atoms. The van der Waals surface area contributed by atoms with Crippen LogP contribution in [-0.2, 0) is 9.53 Å². The quantitative estimate of drug-likeness (QED) is 0.663. The van der Waals surface area contributed by atoms with E-state index < -0.39 is 11.0 Å². The van der Waals surface area contributed by atoms with E-state index in [1.165, 1.54) is 25.3 Å². The maximum Gasteiger partial charge on any atom is 0.288 e. The molecule has 1 unspecified atom stereocenters. The normalized spacial score (nSPS) is 11.9. The van der Waals surface area contributed by atoms with E-state index in [-0.39, 0.29) is 16.6 Å². The molecule has 0 fully saturated rings. The van der Waals surface area contributed by atoms with Crippen molar-refractivity contribution in [3.8, 4) is 0 Å². The van der Waals surface area contributed by atoms with Crippen molar-refractivity contribution >= 4 is 28.9 Å². The number of methoxy groups -OCH3 is 1. The van der Waals surface area contributed by atoms with Crippen LogP contribution in [0.1, 0.15) is 6.92 Å². The first-order chi connectivity index (χ1) is 7.95. The maximum absolute atomic E-state index is 11.5. The minimum Gasteiger partial charge on any atom is -0.372 e. The molecule has 0 bridgehead atoms. The summed E-state index contributed by atoms with van der Waals surface area (Å²) in [6, 6.07) is 3.96. The fraction of sp³-hybridized carbons (Fsp3) is 0.300. The van der Waals surface area contributed by atoms with Gasteiger partial charge in [-0.1, -0.05) is 11.6 Å². The largest absolute Gasteiger partial charge is 0.372 e. The average Bonchev–Trinajstić information content (AvgIpc) is 2.27. The Morgan fingerprint density at radius 1 is 1.59 bits per heavy atom. The zero-order chi connectivity index (χ0) is 13.0. The number of rotatable bonds is 4. The van der Waals surface area contributed by atoms with Crippen molar-refractivity contribution in [1.82, 2.24) is 0 Å². The lowest BCUT2D eigenvalue weighted by Gasteiger charge is -2.10. The second-order valence-corrected chi connectivity index (χ2v) is 3.70. The zero-order valence-electron chi connectivity index (χ0n) is 9.27. The molecule has 92 valence electrons. The Labute approximate surface area is 103 Å². The molecular weight excluding hydrogens is 248 g/mol. The van der Waals surface area contributed by atoms with Crippen molar-refractivity contribution in [2.75, 3.05) is 12.4 Å². The van der Waals surface area contributed by atoms with Crippen molar-refractivity contribution in [1.29, 1.82) is 0 Å². The van der Waals surface area contributed by atoms with E-state index in [0.29, 0.717) is 5.69 Å². The predicted molar refractivity (Wildman–Crippen MR) is 63.2 cm³/mol. The Bertz CT molecular complexity index is 450. The lowest BCUT2D eigenvalue weighted by Crippen LogP contribution is -2.26. The molecule has 1 N–H and O–H groups in total. The van der Waals surface area contributed by atoms with Gasteiger partial charge in [-0.05, 0) is 19.1 Å². The molecule has 0 aliphatic carbocycles. The second-order valence-electron chi connectivity index (χ2n) is 3.29. The molecule has 0 saturated heterocycles. The summed E-state index contributed by atoms with van der Waals surface area (Å²) in [5.41, 5.74) is 0.180. The molecule has 1 atom stereocenters. The van der Waals surface area contributed by atoms with Crippen LogP contribution in [0.25, 0.3) is 0 Å². The van der Waals surface area contributed by atoms with Gasteiger partial charge in [0.25, 0.3) is 11.6 Å². The first-order valence-electron chi connectivity index (χ1n) is 4.73. The second kappa shape index (κ2) is 5.60. The van der Waals surface area contributed by atoms with Crippen molar-refractivity contribution < 1.29 is 14.5 Å². The predicted octanol–water partition coefficient (Wildman–Crippen LogP) is 2.22. The molecule has 1 rings (SSSR count). The number of benzene rings is 1. The van der Waals surface area contributed by atoms with Gasteiger partial charge in [-0.3, -0.25) is 14.9 Å². The summed E-state index contributed by atoms with van der Waals surface area (Å²) < 4.78 is 4.82. The summed E-state index contributed by atoms with van der Waals surface area (Å²) in [4.78, 5) is 21.4. The Hall–Kier alpha value is -1.66. The highest BCUT2D eigenvalue weighted by atomic mass is 35.5. The van der Waals surface area contributed by atoms with Gasteiger partial charge in [0.05, 0.1) is 4.92 Å². The molecule has 0 aromatic heterocycles. The molecule has 6 nitrogen and oxygen atoms in total. The standard InChI is InChI=1S/C10H11ClN2O4/c1-6(17-2)10(14)12-7-3-4-9(13(15)16)8(11)5-7/h3-6H,1-2H3,(H,12,14). The number of nitro benzene ring substituents is 1. The van der Waals surface area contributed by atoms with Crippen LogP contribution in [0.3, 0.4) is 0 Å². The number of carbonyl (C=O) groups excluding carboxylic acids is 1. The van der Waals surface area contributed by atoms with Crippen LogP contribution >= 0.6 is 11.6 Å². The van der Waals surface area contributed by atoms with Crippen LogP contribution in [0.5, 0.6) is 0 Å². The van der Waals surface area contributed by atoms with Crippen LogP contribution in [0.15, 0.2) is 18.2 Å². The van der Waals surface area contributed by atoms with Gasteiger partial charge in [-0.25, -0.2) is 0 Å². The molecule has 0 spiro atoms. The van der Waals surface area contributed by atoms with Crippen LogP contribution in [0, 0.1) is 10.1 Å². The first kappa shape index (κ1) is 13.4. The number of carbonyl (C=O) groups is 1. The number of halogens is 1. The molecule has 0 aliphatic rings. The SMILES string of the molecule is COC(C)C(=O)Nc1ccc([N+](=O)[O-])c(Cl)c1. The fourth-order valence-corrected chi connectivity index (χ4v) is 1.33. The Balaban J connectivity index is 2.84. The van der Waals surface area contributed by atoms with Crippen molar-refractivity contribution in [2.45, 2.75) is 13.0 Å². The van der Waals surface area contributed by atoms with Gasteiger partial charge in [0.1, 0.15) is 11.1 Å². The molecule has 0 aliphatic heterocycles. The highest BCUT2D eigenvalue weighted by Gasteiger charge is 2.15. The highest BCUT2D eigenvalue weighted by Crippen LogP contribution is 2.27. The average molecular weight is 259 g/mol. The summed E-state index contributed by atoms with van der Waals surface area (Å²) in [6.45, 7) is 1.59. The fourth-order valence-electron chi connectivity index (χ4n) is 1.08. The van der Waals surface area contributed by atoms with Gasteiger partial charge in [-0.15, -0.1) is 0 Å². The molecule has 1 amide bonds. The Morgan fingerprint density at radius 3 is 2.71 bits per heavy atom. The van der Waals surface area contributed by atoms with E-state index in [4.69, 9.17) is 16.3 Å². The van der Waals surface area contributed by atoms with Gasteiger partial charge in [0.2, 0.25) is 0 Å². The number of nitrogens with one attached hydrogen (secondary N) is 1. The van der Waals surface area contributed by atoms with E-state index in [1.807, 2.05) is 0 Å². The number of amides is 1. The Morgan fingerprint density at radius 2 is 2.24 bits per heavy atom. The molecule has 0 heterocycles. The number of hydrogen-bond acceptors (Lipinski definition) is 4. The van der Waals surface area contributed by atoms with E-state index in [0.717, 1.165) is 0 Å². The molecule has 1 aromatic rings. The van der Waals surface area contributed by atoms with Crippen molar-refractivity contribution in [3.63, 3.8) is 0 Å². The number of nitrogens with zero attached hydrogens (tertiary/aromatic N) is 1. The molecule has 0 radical (unpaired) electrons. The van der Waals surface area contributed by atoms with E-state index in [2.05, 4.69) is 5.32 Å². The summed E-state index contributed by atoms with van der Waals surface area (Å²) in [7, 11) is 1.41. The minimum atomic E-state index is -0.607. The van der Waals surface area contributed by atoms with E-state index in [9.17, 15) is 14.9 Å². The summed E-state index contributed by atoms with van der Waals surface area (Å²) in [6.07, 6.45) is -0.607. The Kier molecular flexibility index (Phi) is 4.42. The van der Waals surface area contributed by atoms with Crippen LogP contribution in [-0.4, -0.2) is 24.0 Å². The van der Waals surface area contributed by atoms with Gasteiger partial charge in [0.15, 0.2) is 0 Å². The first-order valence-corrected chi connectivity index (χ1v) is 5.11. The highest BCUT2D eigenvalue weighted by molar-refractivity contribution is 6.33. The molecular formula is C10H11ClN2O4. The van der Waals surface area contributed by atoms with E-state index in [1.54, 1.807) is 6.92 Å². The van der Waals surface area contributed by atoms with Gasteiger partial charge < -0.3 is 10.1 Å². The van der Waals surface area contributed by atoms with Gasteiger partial charge in [-0.2, -0.15) is 0 Å². The van der Waals surface area contributed by atoms with E-state index >= 15 is 0 Å². The summed E-state index contributed by atoms with van der Waals surface area (Å²) >= 11 is 5.70. The summed E-state index contributed by atoms with van der Waals surface area (Å²) in [5.74, 6) is -0.350. The third kappa shape index (κ3) is 3.40. The molecule has 0 saturated carbocycles. The molecule has 7 heteroatoms. The number of nitro groups is 1. The summed E-state index contributed by atoms with van der Waals surface area (Å²) in [5, 5.41) is 13.0. The molecule has 1 aromatic carbocycles. The topological polar surface area (TPSA) is 81.5 Å². The van der Waals surface area contributed by atoms with Gasteiger partial charge >= 0.3 is 0 Å². The number of ether oxygens (including phenoxy) is 1. The third-order valence-corrected chi connectivity index (χ3v) is 2.44. The zero-order valence-corrected chi connectivity index (χ0v) is 10.0. The monoisotopic (exact) mass is 258 g/mol. The van der Waals surface area contributed by atoms with Crippen LogP contribution in [0.4, 0.5) is 11.4 Å². The van der Waals surface area contributed by atoms with Crippen LogP contribution < -0.4 is 5.32 Å². The minimum absolute atomic E-state index is 0.0298. The number of hydrogen-bond donors (Lipinski definition) is 1. The van der Waals surface area contributed by atoms with Crippen molar-refractivity contribution in [3.05, 3.63) is 33.3 Å². The third-order valence-electron chi connectivity index (χ3n) is 2.13. The smallest absolute Gasteiger partial charge is 0.288 e. The lowest BCUT2D eigenvalue weighted by atomic mass is 10.2. The number of anilines is 1. The van der Waals surface area contributed by atoms with Crippen LogP contribution in [0.2, 0.25) is 5.02 Å².